The van der Waals surface area contributed by atoms with Gasteiger partial charge in [0.25, 0.3) is 0 Å². The van der Waals surface area contributed by atoms with Gasteiger partial charge >= 0.3 is 0 Å². The second-order valence-corrected chi connectivity index (χ2v) is 8.46. The minimum Gasteiger partial charge on any atom is -0.384 e. The molecule has 6 heteroatoms. The summed E-state index contributed by atoms with van der Waals surface area (Å²) in [6.07, 6.45) is 4.29. The van der Waals surface area contributed by atoms with Gasteiger partial charge in [0, 0.05) is 46.9 Å². The zero-order chi connectivity index (χ0) is 19.5. The van der Waals surface area contributed by atoms with Crippen LogP contribution in [0.2, 0.25) is 0 Å². The van der Waals surface area contributed by atoms with Crippen molar-refractivity contribution in [2.45, 2.75) is 12.8 Å². The molecule has 3 heterocycles. The van der Waals surface area contributed by atoms with E-state index in [1.54, 1.807) is 0 Å². The fourth-order valence-corrected chi connectivity index (χ4v) is 3.73. The molecule has 5 nitrogen and oxygen atoms in total. The molecule has 0 spiro atoms. The van der Waals surface area contributed by atoms with Gasteiger partial charge in [-0.15, -0.1) is 0 Å². The highest BCUT2D eigenvalue weighted by atomic mass is 79.9. The number of hydrogen-bond donors (Lipinski definition) is 1. The van der Waals surface area contributed by atoms with E-state index in [0.717, 1.165) is 70.7 Å². The number of nitrogens with zero attached hydrogens (tertiary/aromatic N) is 4. The van der Waals surface area contributed by atoms with Crippen LogP contribution in [0.3, 0.4) is 0 Å². The summed E-state index contributed by atoms with van der Waals surface area (Å²) < 4.78 is 1.04. The molecule has 0 atom stereocenters. The lowest BCUT2D eigenvalue weighted by Gasteiger charge is -2.31. The van der Waals surface area contributed by atoms with Gasteiger partial charge in [-0.05, 0) is 69.9 Å². The van der Waals surface area contributed by atoms with Crippen molar-refractivity contribution in [3.63, 3.8) is 0 Å². The van der Waals surface area contributed by atoms with Crippen molar-refractivity contribution in [3.8, 4) is 11.3 Å². The van der Waals surface area contributed by atoms with E-state index in [1.807, 2.05) is 6.20 Å². The Labute approximate surface area is 174 Å². The summed E-state index contributed by atoms with van der Waals surface area (Å²) in [6, 6.07) is 12.6. The SMILES string of the molecule is CN(C)CCCNc1cc(-c2ccc(N3CCC3)nc2)nc2cc(Br)ccc12. The van der Waals surface area contributed by atoms with Crippen LogP contribution in [-0.2, 0) is 0 Å². The van der Waals surface area contributed by atoms with Crippen LogP contribution in [0.1, 0.15) is 12.8 Å². The van der Waals surface area contributed by atoms with E-state index >= 15 is 0 Å². The Morgan fingerprint density at radius 3 is 2.68 bits per heavy atom. The number of halogens is 1. The first-order chi connectivity index (χ1) is 13.6. The molecule has 2 aromatic heterocycles. The predicted molar refractivity (Wildman–Crippen MR) is 121 cm³/mol. The highest BCUT2D eigenvalue weighted by Crippen LogP contribution is 2.30. The van der Waals surface area contributed by atoms with Gasteiger partial charge in [-0.1, -0.05) is 15.9 Å². The molecular weight excluding hydrogens is 414 g/mol. The molecule has 0 unspecified atom stereocenters. The third-order valence-electron chi connectivity index (χ3n) is 5.09. The molecule has 0 amide bonds. The van der Waals surface area contributed by atoms with Gasteiger partial charge in [-0.25, -0.2) is 9.97 Å². The molecule has 3 aromatic rings. The largest absolute Gasteiger partial charge is 0.384 e. The van der Waals surface area contributed by atoms with Crippen LogP contribution in [0.5, 0.6) is 0 Å². The van der Waals surface area contributed by atoms with Crippen molar-refractivity contribution < 1.29 is 0 Å². The van der Waals surface area contributed by atoms with E-state index in [4.69, 9.17) is 4.98 Å². The van der Waals surface area contributed by atoms with Gasteiger partial charge in [0.15, 0.2) is 0 Å². The predicted octanol–water partition coefficient (Wildman–Crippen LogP) is 4.63. The Morgan fingerprint density at radius 2 is 2.00 bits per heavy atom. The van der Waals surface area contributed by atoms with E-state index in [1.165, 1.54) is 6.42 Å². The maximum Gasteiger partial charge on any atom is 0.128 e. The van der Waals surface area contributed by atoms with Crippen LogP contribution in [0, 0.1) is 0 Å². The van der Waals surface area contributed by atoms with E-state index in [2.05, 4.69) is 86.5 Å². The molecule has 28 heavy (non-hydrogen) atoms. The number of pyridine rings is 2. The van der Waals surface area contributed by atoms with Crippen molar-refractivity contribution >= 4 is 38.3 Å². The summed E-state index contributed by atoms with van der Waals surface area (Å²) in [5, 5.41) is 4.75. The Kier molecular flexibility index (Phi) is 5.78. The summed E-state index contributed by atoms with van der Waals surface area (Å²) in [5.41, 5.74) is 4.10. The third-order valence-corrected chi connectivity index (χ3v) is 5.59. The highest BCUT2D eigenvalue weighted by molar-refractivity contribution is 9.10. The monoisotopic (exact) mass is 439 g/mol. The van der Waals surface area contributed by atoms with Gasteiger partial charge in [0.1, 0.15) is 5.82 Å². The molecule has 1 fully saturated rings. The Balaban J connectivity index is 1.63. The smallest absolute Gasteiger partial charge is 0.128 e. The first-order valence-electron chi connectivity index (χ1n) is 9.80. The summed E-state index contributed by atoms with van der Waals surface area (Å²) >= 11 is 3.57. The van der Waals surface area contributed by atoms with Gasteiger partial charge in [-0.3, -0.25) is 0 Å². The number of anilines is 2. The van der Waals surface area contributed by atoms with E-state index in [-0.39, 0.29) is 0 Å². The number of fused-ring (bicyclic) bond motifs is 1. The lowest BCUT2D eigenvalue weighted by atomic mass is 10.1. The first kappa shape index (κ1) is 19.2. The maximum atomic E-state index is 4.90. The first-order valence-corrected chi connectivity index (χ1v) is 10.6. The van der Waals surface area contributed by atoms with Crippen LogP contribution in [0.25, 0.3) is 22.2 Å². The molecular formula is C22H26BrN5. The second kappa shape index (κ2) is 8.45. The maximum absolute atomic E-state index is 4.90. The number of aromatic nitrogens is 2. The molecule has 1 aliphatic rings. The average molecular weight is 440 g/mol. The molecule has 4 rings (SSSR count). The van der Waals surface area contributed by atoms with Gasteiger partial charge < -0.3 is 15.1 Å². The lowest BCUT2D eigenvalue weighted by molar-refractivity contribution is 0.405. The van der Waals surface area contributed by atoms with Crippen molar-refractivity contribution in [2.24, 2.45) is 0 Å². The fourth-order valence-electron chi connectivity index (χ4n) is 3.38. The summed E-state index contributed by atoms with van der Waals surface area (Å²) in [6.45, 7) is 4.21. The topological polar surface area (TPSA) is 44.3 Å². The number of nitrogens with one attached hydrogen (secondary N) is 1. The summed E-state index contributed by atoms with van der Waals surface area (Å²) in [5.74, 6) is 1.06. The molecule has 1 aromatic carbocycles. The molecule has 0 saturated carbocycles. The summed E-state index contributed by atoms with van der Waals surface area (Å²) in [4.78, 5) is 14.1. The van der Waals surface area contributed by atoms with Crippen LogP contribution in [-0.4, -0.2) is 55.1 Å². The van der Waals surface area contributed by atoms with E-state index in [9.17, 15) is 0 Å². The minimum atomic E-state index is 0.930. The van der Waals surface area contributed by atoms with Crippen molar-refractivity contribution in [2.75, 3.05) is 50.5 Å². The molecule has 1 N–H and O–H groups in total. The number of hydrogen-bond acceptors (Lipinski definition) is 5. The molecule has 0 radical (unpaired) electrons. The zero-order valence-corrected chi connectivity index (χ0v) is 18.0. The Bertz CT molecular complexity index is 951. The lowest BCUT2D eigenvalue weighted by Crippen LogP contribution is -2.37. The van der Waals surface area contributed by atoms with Crippen molar-refractivity contribution in [1.82, 2.24) is 14.9 Å². The normalized spacial score (nSPS) is 13.8. The van der Waals surface area contributed by atoms with Crippen molar-refractivity contribution in [1.29, 1.82) is 0 Å². The quantitative estimate of drug-likeness (QED) is 0.543. The van der Waals surface area contributed by atoms with Gasteiger partial charge in [-0.2, -0.15) is 0 Å². The summed E-state index contributed by atoms with van der Waals surface area (Å²) in [7, 11) is 4.21. The highest BCUT2D eigenvalue weighted by Gasteiger charge is 2.16. The Hall–Kier alpha value is -2.18. The zero-order valence-electron chi connectivity index (χ0n) is 16.5. The van der Waals surface area contributed by atoms with Crippen LogP contribution < -0.4 is 10.2 Å². The fraction of sp³-hybridized carbons (Fsp3) is 0.364. The second-order valence-electron chi connectivity index (χ2n) is 7.55. The van der Waals surface area contributed by atoms with E-state index in [0.29, 0.717) is 0 Å². The van der Waals surface area contributed by atoms with Crippen LogP contribution in [0.15, 0.2) is 47.1 Å². The number of rotatable bonds is 7. The molecule has 1 aliphatic heterocycles. The van der Waals surface area contributed by atoms with Crippen molar-refractivity contribution in [3.05, 3.63) is 47.1 Å². The molecule has 0 bridgehead atoms. The molecule has 1 saturated heterocycles. The van der Waals surface area contributed by atoms with Gasteiger partial charge in [0.2, 0.25) is 0 Å². The third kappa shape index (κ3) is 4.28. The van der Waals surface area contributed by atoms with E-state index < -0.39 is 0 Å². The average Bonchev–Trinajstić information content (AvgIpc) is 2.63. The van der Waals surface area contributed by atoms with Crippen LogP contribution in [0.4, 0.5) is 11.5 Å². The minimum absolute atomic E-state index is 0.930. The molecule has 0 aliphatic carbocycles. The van der Waals surface area contributed by atoms with Gasteiger partial charge in [0.05, 0.1) is 11.2 Å². The Morgan fingerprint density at radius 1 is 1.14 bits per heavy atom. The standard InChI is InChI=1S/C22H26BrN5/c1-27(2)10-3-9-24-20-14-19(26-21-13-17(23)6-7-18(20)21)16-5-8-22(25-15-16)28-11-4-12-28/h5-8,13-15H,3-4,9-12H2,1-2H3,(H,24,26). The number of benzene rings is 1. The van der Waals surface area contributed by atoms with Crippen LogP contribution >= 0.6 is 15.9 Å². The molecule has 146 valence electrons.